The molecule has 0 spiro atoms. The van der Waals surface area contributed by atoms with Gasteiger partial charge in [-0.25, -0.2) is 8.42 Å². The van der Waals surface area contributed by atoms with Gasteiger partial charge in [0.25, 0.3) is 0 Å². The van der Waals surface area contributed by atoms with Crippen molar-refractivity contribution >= 4 is 32.4 Å². The monoisotopic (exact) mass is 380 g/mol. The summed E-state index contributed by atoms with van der Waals surface area (Å²) in [6, 6.07) is 21.1. The molecular weight excluding hydrogens is 360 g/mol. The van der Waals surface area contributed by atoms with Crippen LogP contribution in [0.25, 0.3) is 10.8 Å². The van der Waals surface area contributed by atoms with Gasteiger partial charge < -0.3 is 5.32 Å². The van der Waals surface area contributed by atoms with Crippen molar-refractivity contribution in [1.82, 2.24) is 4.31 Å². The van der Waals surface area contributed by atoms with Crippen LogP contribution >= 0.6 is 0 Å². The highest BCUT2D eigenvalue weighted by molar-refractivity contribution is 7.89. The molecule has 4 rings (SSSR count). The smallest absolute Gasteiger partial charge is 0.243 e. The molecule has 1 amide bonds. The maximum absolute atomic E-state index is 13.2. The molecular formula is C21H20N2O3S. The number of hydrogen-bond acceptors (Lipinski definition) is 3. The first-order valence-electron chi connectivity index (χ1n) is 8.92. The van der Waals surface area contributed by atoms with Gasteiger partial charge in [0.1, 0.15) is 6.04 Å². The van der Waals surface area contributed by atoms with E-state index in [1.54, 1.807) is 30.3 Å². The van der Waals surface area contributed by atoms with Crippen LogP contribution < -0.4 is 5.32 Å². The van der Waals surface area contributed by atoms with Crippen LogP contribution in [-0.2, 0) is 14.8 Å². The number of sulfonamides is 1. The fraction of sp³-hybridized carbons (Fsp3) is 0.190. The third kappa shape index (κ3) is 3.46. The SMILES string of the molecule is O=C(Nc1ccccc1)[C@@H]1CCCN1S(=O)(=O)c1ccc2ccccc2c1. The van der Waals surface area contributed by atoms with Crippen molar-refractivity contribution in [2.45, 2.75) is 23.8 Å². The summed E-state index contributed by atoms with van der Waals surface area (Å²) in [6.45, 7) is 0.349. The maximum Gasteiger partial charge on any atom is 0.243 e. The molecule has 5 nitrogen and oxygen atoms in total. The third-order valence-electron chi connectivity index (χ3n) is 4.88. The summed E-state index contributed by atoms with van der Waals surface area (Å²) < 4.78 is 27.7. The van der Waals surface area contributed by atoms with Gasteiger partial charge >= 0.3 is 0 Å². The van der Waals surface area contributed by atoms with Crippen LogP contribution in [0, 0.1) is 0 Å². The minimum absolute atomic E-state index is 0.223. The van der Waals surface area contributed by atoms with Gasteiger partial charge in [0.05, 0.1) is 4.90 Å². The van der Waals surface area contributed by atoms with Crippen molar-refractivity contribution in [1.29, 1.82) is 0 Å². The van der Waals surface area contributed by atoms with Gasteiger partial charge in [-0.3, -0.25) is 4.79 Å². The summed E-state index contributed by atoms with van der Waals surface area (Å²) >= 11 is 0. The average molecular weight is 380 g/mol. The third-order valence-corrected chi connectivity index (χ3v) is 6.78. The predicted molar refractivity (Wildman–Crippen MR) is 106 cm³/mol. The van der Waals surface area contributed by atoms with Gasteiger partial charge in [-0.1, -0.05) is 48.5 Å². The van der Waals surface area contributed by atoms with E-state index in [-0.39, 0.29) is 10.8 Å². The number of benzene rings is 3. The van der Waals surface area contributed by atoms with Gasteiger partial charge in [0, 0.05) is 12.2 Å². The fourth-order valence-electron chi connectivity index (χ4n) is 3.50. The molecule has 3 aromatic rings. The molecule has 0 aromatic heterocycles. The van der Waals surface area contributed by atoms with E-state index in [1.165, 1.54) is 4.31 Å². The van der Waals surface area contributed by atoms with E-state index in [2.05, 4.69) is 5.32 Å². The largest absolute Gasteiger partial charge is 0.325 e. The first-order valence-corrected chi connectivity index (χ1v) is 10.4. The molecule has 1 aliphatic rings. The summed E-state index contributed by atoms with van der Waals surface area (Å²) in [5.74, 6) is -0.289. The summed E-state index contributed by atoms with van der Waals surface area (Å²) in [4.78, 5) is 12.9. The Morgan fingerprint density at radius 3 is 2.41 bits per heavy atom. The lowest BCUT2D eigenvalue weighted by Crippen LogP contribution is -2.43. The summed E-state index contributed by atoms with van der Waals surface area (Å²) in [5.41, 5.74) is 0.664. The molecule has 27 heavy (non-hydrogen) atoms. The van der Waals surface area contributed by atoms with E-state index in [0.717, 1.165) is 10.8 Å². The van der Waals surface area contributed by atoms with Crippen molar-refractivity contribution in [3.05, 3.63) is 72.8 Å². The number of carbonyl (C=O) groups excluding carboxylic acids is 1. The lowest BCUT2D eigenvalue weighted by atomic mass is 10.1. The Bertz CT molecular complexity index is 1080. The number of fused-ring (bicyclic) bond motifs is 1. The Morgan fingerprint density at radius 1 is 0.926 bits per heavy atom. The first kappa shape index (κ1) is 17.7. The highest BCUT2D eigenvalue weighted by Crippen LogP contribution is 2.28. The number of carbonyl (C=O) groups is 1. The highest BCUT2D eigenvalue weighted by Gasteiger charge is 2.39. The zero-order chi connectivity index (χ0) is 18.9. The number of hydrogen-bond donors (Lipinski definition) is 1. The number of anilines is 1. The second kappa shape index (κ2) is 7.13. The number of nitrogens with zero attached hydrogens (tertiary/aromatic N) is 1. The van der Waals surface area contributed by atoms with E-state index in [0.29, 0.717) is 25.1 Å². The molecule has 0 saturated carbocycles. The first-order chi connectivity index (χ1) is 13.1. The van der Waals surface area contributed by atoms with Crippen LogP contribution in [-0.4, -0.2) is 31.2 Å². The van der Waals surface area contributed by atoms with Gasteiger partial charge in [0.2, 0.25) is 15.9 Å². The molecule has 0 bridgehead atoms. The molecule has 0 unspecified atom stereocenters. The van der Waals surface area contributed by atoms with Crippen molar-refractivity contribution in [2.75, 3.05) is 11.9 Å². The molecule has 1 fully saturated rings. The summed E-state index contributed by atoms with van der Waals surface area (Å²) in [6.07, 6.45) is 1.19. The lowest BCUT2D eigenvalue weighted by Gasteiger charge is -2.23. The molecule has 3 aromatic carbocycles. The molecule has 1 atom stereocenters. The van der Waals surface area contributed by atoms with Crippen LogP contribution in [0.3, 0.4) is 0 Å². The number of nitrogens with one attached hydrogen (secondary N) is 1. The molecule has 1 N–H and O–H groups in total. The topological polar surface area (TPSA) is 66.5 Å². The van der Waals surface area contributed by atoms with E-state index in [9.17, 15) is 13.2 Å². The van der Waals surface area contributed by atoms with Crippen LogP contribution in [0.2, 0.25) is 0 Å². The van der Waals surface area contributed by atoms with Crippen molar-refractivity contribution in [3.8, 4) is 0 Å². The Morgan fingerprint density at radius 2 is 1.63 bits per heavy atom. The van der Waals surface area contributed by atoms with Gasteiger partial charge in [-0.05, 0) is 47.9 Å². The zero-order valence-electron chi connectivity index (χ0n) is 14.7. The maximum atomic E-state index is 13.2. The molecule has 6 heteroatoms. The van der Waals surface area contributed by atoms with E-state index < -0.39 is 16.1 Å². The normalized spacial score (nSPS) is 17.9. The standard InChI is InChI=1S/C21H20N2O3S/c24-21(22-18-9-2-1-3-10-18)20-11-6-14-23(20)27(25,26)19-13-12-16-7-4-5-8-17(16)15-19/h1-5,7-10,12-13,15,20H,6,11,14H2,(H,22,24)/t20-/m0/s1. The highest BCUT2D eigenvalue weighted by atomic mass is 32.2. The van der Waals surface area contributed by atoms with Crippen molar-refractivity contribution in [3.63, 3.8) is 0 Å². The number of para-hydroxylation sites is 1. The van der Waals surface area contributed by atoms with Gasteiger partial charge in [-0.15, -0.1) is 0 Å². The molecule has 0 aliphatic carbocycles. The van der Waals surface area contributed by atoms with Gasteiger partial charge in [-0.2, -0.15) is 4.31 Å². The van der Waals surface area contributed by atoms with Crippen LogP contribution in [0.1, 0.15) is 12.8 Å². The van der Waals surface area contributed by atoms with Crippen LogP contribution in [0.4, 0.5) is 5.69 Å². The minimum atomic E-state index is -3.74. The van der Waals surface area contributed by atoms with Crippen molar-refractivity contribution < 1.29 is 13.2 Å². The molecule has 1 heterocycles. The van der Waals surface area contributed by atoms with Crippen molar-refractivity contribution in [2.24, 2.45) is 0 Å². The van der Waals surface area contributed by atoms with Crippen LogP contribution in [0.5, 0.6) is 0 Å². The van der Waals surface area contributed by atoms with Crippen LogP contribution in [0.15, 0.2) is 77.7 Å². The number of rotatable bonds is 4. The fourth-order valence-corrected chi connectivity index (χ4v) is 5.19. The molecule has 138 valence electrons. The molecule has 1 saturated heterocycles. The Balaban J connectivity index is 1.62. The quantitative estimate of drug-likeness (QED) is 0.752. The summed E-state index contributed by atoms with van der Waals surface area (Å²) in [7, 11) is -3.74. The average Bonchev–Trinajstić information content (AvgIpc) is 3.19. The molecule has 1 aliphatic heterocycles. The summed E-state index contributed by atoms with van der Waals surface area (Å²) in [5, 5.41) is 4.67. The Labute approximate surface area is 158 Å². The number of amides is 1. The lowest BCUT2D eigenvalue weighted by molar-refractivity contribution is -0.119. The Hall–Kier alpha value is -2.70. The van der Waals surface area contributed by atoms with E-state index in [1.807, 2.05) is 42.5 Å². The predicted octanol–water partition coefficient (Wildman–Crippen LogP) is 3.63. The van der Waals surface area contributed by atoms with E-state index >= 15 is 0 Å². The Kier molecular flexibility index (Phi) is 4.68. The van der Waals surface area contributed by atoms with E-state index in [4.69, 9.17) is 0 Å². The second-order valence-corrected chi connectivity index (χ2v) is 8.53. The van der Waals surface area contributed by atoms with Gasteiger partial charge in [0.15, 0.2) is 0 Å². The zero-order valence-corrected chi connectivity index (χ0v) is 15.5. The second-order valence-electron chi connectivity index (χ2n) is 6.64. The molecule has 0 radical (unpaired) electrons. The minimum Gasteiger partial charge on any atom is -0.325 e.